The average molecular weight is 303 g/mol. The second kappa shape index (κ2) is 6.39. The Bertz CT molecular complexity index is 478. The molecule has 0 aromatic heterocycles. The number of thioether (sulfide) groups is 1. The third kappa shape index (κ3) is 3.70. The predicted octanol–water partition coefficient (Wildman–Crippen LogP) is 3.25. The van der Waals surface area contributed by atoms with Crippen molar-refractivity contribution in [2.24, 2.45) is 0 Å². The standard InChI is InChI=1S/C13H15ClO4S/c1-8(3-12(15)16-2)19-6-9-4-10(14)13-11(5-9)17-7-18-13/h4-5,8H,3,6-7H2,1-2H3. The smallest absolute Gasteiger partial charge is 0.306 e. The zero-order valence-electron chi connectivity index (χ0n) is 10.8. The highest BCUT2D eigenvalue weighted by Crippen LogP contribution is 2.40. The molecule has 19 heavy (non-hydrogen) atoms. The van der Waals surface area contributed by atoms with Gasteiger partial charge in [-0.05, 0) is 17.7 Å². The maximum Gasteiger partial charge on any atom is 0.306 e. The van der Waals surface area contributed by atoms with Gasteiger partial charge in [-0.1, -0.05) is 18.5 Å². The third-order valence-corrected chi connectivity index (χ3v) is 4.22. The van der Waals surface area contributed by atoms with Crippen molar-refractivity contribution >= 4 is 29.3 Å². The van der Waals surface area contributed by atoms with Gasteiger partial charge in [-0.3, -0.25) is 4.79 Å². The zero-order chi connectivity index (χ0) is 13.8. The van der Waals surface area contributed by atoms with Crippen LogP contribution in [0, 0.1) is 0 Å². The van der Waals surface area contributed by atoms with E-state index in [1.807, 2.05) is 19.1 Å². The summed E-state index contributed by atoms with van der Waals surface area (Å²) in [6.07, 6.45) is 0.402. The van der Waals surface area contributed by atoms with Gasteiger partial charge in [0.1, 0.15) is 0 Å². The number of carbonyl (C=O) groups excluding carboxylic acids is 1. The first kappa shape index (κ1) is 14.3. The second-order valence-electron chi connectivity index (χ2n) is 4.21. The van der Waals surface area contributed by atoms with Crippen molar-refractivity contribution in [2.45, 2.75) is 24.3 Å². The van der Waals surface area contributed by atoms with Crippen molar-refractivity contribution < 1.29 is 19.0 Å². The van der Waals surface area contributed by atoms with Gasteiger partial charge in [0, 0.05) is 11.0 Å². The third-order valence-electron chi connectivity index (χ3n) is 2.70. The van der Waals surface area contributed by atoms with E-state index in [-0.39, 0.29) is 18.0 Å². The molecule has 2 rings (SSSR count). The van der Waals surface area contributed by atoms with Crippen LogP contribution in [-0.4, -0.2) is 25.1 Å². The number of esters is 1. The van der Waals surface area contributed by atoms with Crippen LogP contribution in [0.4, 0.5) is 0 Å². The Morgan fingerprint density at radius 1 is 1.53 bits per heavy atom. The Hall–Kier alpha value is -1.07. The van der Waals surface area contributed by atoms with Gasteiger partial charge < -0.3 is 14.2 Å². The number of rotatable bonds is 5. The number of benzene rings is 1. The first-order chi connectivity index (χ1) is 9.10. The number of hydrogen-bond donors (Lipinski definition) is 0. The molecule has 0 saturated heterocycles. The molecule has 1 heterocycles. The SMILES string of the molecule is COC(=O)CC(C)SCc1cc(Cl)c2c(c1)OCO2. The summed E-state index contributed by atoms with van der Waals surface area (Å²) >= 11 is 7.78. The minimum Gasteiger partial charge on any atom is -0.469 e. The van der Waals surface area contributed by atoms with Crippen LogP contribution in [0.25, 0.3) is 0 Å². The summed E-state index contributed by atoms with van der Waals surface area (Å²) < 4.78 is 15.2. The molecule has 1 unspecified atom stereocenters. The Kier molecular flexibility index (Phi) is 4.82. The number of fused-ring (bicyclic) bond motifs is 1. The van der Waals surface area contributed by atoms with Gasteiger partial charge in [-0.25, -0.2) is 0 Å². The summed E-state index contributed by atoms with van der Waals surface area (Å²) in [4.78, 5) is 11.1. The van der Waals surface area contributed by atoms with Gasteiger partial charge in [0.05, 0.1) is 18.6 Å². The average Bonchev–Trinajstić information content (AvgIpc) is 2.85. The molecule has 0 bridgehead atoms. The van der Waals surface area contributed by atoms with E-state index in [9.17, 15) is 4.79 Å². The number of methoxy groups -OCH3 is 1. The van der Waals surface area contributed by atoms with Crippen molar-refractivity contribution in [2.75, 3.05) is 13.9 Å². The predicted molar refractivity (Wildman–Crippen MR) is 75.0 cm³/mol. The van der Waals surface area contributed by atoms with Gasteiger partial charge in [-0.2, -0.15) is 11.8 Å². The Balaban J connectivity index is 1.93. The molecule has 1 aliphatic rings. The minimum absolute atomic E-state index is 0.191. The summed E-state index contributed by atoms with van der Waals surface area (Å²) in [6, 6.07) is 3.79. The zero-order valence-corrected chi connectivity index (χ0v) is 12.3. The van der Waals surface area contributed by atoms with Crippen LogP contribution in [0.5, 0.6) is 11.5 Å². The molecule has 0 amide bonds. The Morgan fingerprint density at radius 2 is 2.32 bits per heavy atom. The molecule has 1 atom stereocenters. The first-order valence-corrected chi connectivity index (χ1v) is 7.29. The van der Waals surface area contributed by atoms with E-state index >= 15 is 0 Å². The molecule has 1 aliphatic heterocycles. The molecular formula is C13H15ClO4S. The lowest BCUT2D eigenvalue weighted by molar-refractivity contribution is -0.140. The fraction of sp³-hybridized carbons (Fsp3) is 0.462. The molecular weight excluding hydrogens is 288 g/mol. The first-order valence-electron chi connectivity index (χ1n) is 5.86. The lowest BCUT2D eigenvalue weighted by Gasteiger charge is -2.10. The molecule has 0 spiro atoms. The van der Waals surface area contributed by atoms with E-state index in [0.29, 0.717) is 22.9 Å². The number of halogens is 1. The van der Waals surface area contributed by atoms with E-state index < -0.39 is 0 Å². The summed E-state index contributed by atoms with van der Waals surface area (Å²) in [6.45, 7) is 2.21. The van der Waals surface area contributed by atoms with Crippen LogP contribution in [0.15, 0.2) is 12.1 Å². The molecule has 0 N–H and O–H groups in total. The molecule has 6 heteroatoms. The van der Waals surface area contributed by atoms with E-state index in [1.165, 1.54) is 7.11 Å². The fourth-order valence-electron chi connectivity index (χ4n) is 1.72. The normalized spacial score (nSPS) is 14.3. The molecule has 1 aromatic carbocycles. The van der Waals surface area contributed by atoms with Gasteiger partial charge in [0.25, 0.3) is 0 Å². The lowest BCUT2D eigenvalue weighted by atomic mass is 10.2. The lowest BCUT2D eigenvalue weighted by Crippen LogP contribution is -2.08. The van der Waals surface area contributed by atoms with Gasteiger partial charge in [0.2, 0.25) is 6.79 Å². The van der Waals surface area contributed by atoms with Crippen LogP contribution in [0.1, 0.15) is 18.9 Å². The monoisotopic (exact) mass is 302 g/mol. The number of hydrogen-bond acceptors (Lipinski definition) is 5. The maximum absolute atomic E-state index is 11.1. The topological polar surface area (TPSA) is 44.8 Å². The Morgan fingerprint density at radius 3 is 3.05 bits per heavy atom. The largest absolute Gasteiger partial charge is 0.469 e. The molecule has 4 nitrogen and oxygen atoms in total. The van der Waals surface area contributed by atoms with E-state index in [4.69, 9.17) is 21.1 Å². The minimum atomic E-state index is -0.191. The van der Waals surface area contributed by atoms with Gasteiger partial charge >= 0.3 is 5.97 Å². The van der Waals surface area contributed by atoms with Crippen molar-refractivity contribution in [3.05, 3.63) is 22.7 Å². The molecule has 0 saturated carbocycles. The highest BCUT2D eigenvalue weighted by Gasteiger charge is 2.18. The van der Waals surface area contributed by atoms with Crippen LogP contribution < -0.4 is 9.47 Å². The summed E-state index contributed by atoms with van der Waals surface area (Å²) in [5, 5.41) is 0.753. The van der Waals surface area contributed by atoms with E-state index in [0.717, 1.165) is 11.3 Å². The van der Waals surface area contributed by atoms with Crippen molar-refractivity contribution in [3.63, 3.8) is 0 Å². The van der Waals surface area contributed by atoms with Crippen molar-refractivity contribution in [3.8, 4) is 11.5 Å². The van der Waals surface area contributed by atoms with E-state index in [1.54, 1.807) is 11.8 Å². The highest BCUT2D eigenvalue weighted by atomic mass is 35.5. The van der Waals surface area contributed by atoms with Crippen LogP contribution >= 0.6 is 23.4 Å². The maximum atomic E-state index is 11.1. The molecule has 0 fully saturated rings. The summed E-state index contributed by atoms with van der Waals surface area (Å²) in [5.74, 6) is 1.86. The van der Waals surface area contributed by atoms with Crippen LogP contribution in [0.3, 0.4) is 0 Å². The molecule has 1 aromatic rings. The van der Waals surface area contributed by atoms with Crippen LogP contribution in [-0.2, 0) is 15.3 Å². The molecule has 0 aliphatic carbocycles. The fourth-order valence-corrected chi connectivity index (χ4v) is 2.90. The second-order valence-corrected chi connectivity index (χ2v) is 6.05. The summed E-state index contributed by atoms with van der Waals surface area (Å²) in [5.41, 5.74) is 1.05. The molecule has 104 valence electrons. The summed E-state index contributed by atoms with van der Waals surface area (Å²) in [7, 11) is 1.40. The van der Waals surface area contributed by atoms with Crippen molar-refractivity contribution in [1.29, 1.82) is 0 Å². The van der Waals surface area contributed by atoms with Crippen molar-refractivity contribution in [1.82, 2.24) is 0 Å². The quantitative estimate of drug-likeness (QED) is 0.781. The molecule has 0 radical (unpaired) electrons. The number of carbonyl (C=O) groups is 1. The van der Waals surface area contributed by atoms with E-state index in [2.05, 4.69) is 4.74 Å². The van der Waals surface area contributed by atoms with Gasteiger partial charge in [-0.15, -0.1) is 0 Å². The van der Waals surface area contributed by atoms with Gasteiger partial charge in [0.15, 0.2) is 11.5 Å². The Labute approximate surface area is 121 Å². The van der Waals surface area contributed by atoms with Crippen LogP contribution in [0.2, 0.25) is 5.02 Å². The highest BCUT2D eigenvalue weighted by molar-refractivity contribution is 7.99. The number of ether oxygens (including phenoxy) is 3.